The lowest BCUT2D eigenvalue weighted by Gasteiger charge is -2.19. The Hall–Kier alpha value is -8.98. The Morgan fingerprint density at radius 2 is 0.933 bits per heavy atom. The van der Waals surface area contributed by atoms with Gasteiger partial charge in [-0.3, -0.25) is 62.7 Å². The number of nitrogens with two attached hydrogens (primary N) is 1. The largest absolute Gasteiger partial charge is 0.407 e. The summed E-state index contributed by atoms with van der Waals surface area (Å²) in [5.74, 6) is -1.50. The Kier molecular flexibility index (Phi) is 34.6. The van der Waals surface area contributed by atoms with Crippen LogP contribution in [-0.2, 0) is 35.4 Å². The smallest absolute Gasteiger partial charge is 0.297 e. The van der Waals surface area contributed by atoms with Crippen LogP contribution in [0.25, 0.3) is 33.1 Å². The van der Waals surface area contributed by atoms with E-state index in [2.05, 4.69) is 35.9 Å². The van der Waals surface area contributed by atoms with Gasteiger partial charge in [0.05, 0.1) is 101 Å². The molecule has 0 atom stereocenters. The van der Waals surface area contributed by atoms with Gasteiger partial charge in [-0.05, 0) is 170 Å². The van der Waals surface area contributed by atoms with E-state index in [0.717, 1.165) is 41.1 Å². The number of hydrogen-bond acceptors (Lipinski definition) is 23. The molecular weight excluding hydrogens is 1730 g/mol. The van der Waals surface area contributed by atoms with Gasteiger partial charge in [0.2, 0.25) is 0 Å². The third-order valence-corrected chi connectivity index (χ3v) is 15.6. The van der Waals surface area contributed by atoms with Crippen LogP contribution in [0, 0.1) is 48.4 Å². The minimum atomic E-state index is -0.769. The molecule has 0 aliphatic rings. The van der Waals surface area contributed by atoms with Crippen molar-refractivity contribution in [3.05, 3.63) is 226 Å². The predicted octanol–water partition coefficient (Wildman–Crippen LogP) is 10.7. The summed E-state index contributed by atoms with van der Waals surface area (Å²) in [6.45, 7) is 13.3. The zero-order valence-corrected chi connectivity index (χ0v) is 62.3. The van der Waals surface area contributed by atoms with Crippen LogP contribution < -0.4 is 64.7 Å². The number of nitrogens with zero attached hydrogens (tertiary/aromatic N) is 10. The summed E-state index contributed by atoms with van der Waals surface area (Å²) in [6.07, 6.45) is 3.55. The molecule has 0 saturated heterocycles. The SMILES string of the molecule is C.C.C.CC(C)(C)OCCOCN.Cn1c(=O)cc(Nc2ccc(I)cc2F)c2c(=O)[nH]cnc21.Cn1c(=O)cc(Nc2ccc(I)cc2F)c2c(=O)n(OCCO)cnc21.Cn1c(=O)cc(Nc2ccc(I)cc2F)c2c(=O)n(OCCOC(C)(C)C)cnc21.O=[N+]([O-])c1ccc(Cl)c([N+](=O)[O-])c1. The van der Waals surface area contributed by atoms with Crippen molar-refractivity contribution in [2.45, 2.75) is 75.0 Å². The fraction of sp³-hybridized carbons (Fsp3) is 0.318. The maximum absolute atomic E-state index is 14.3. The molecule has 31 nitrogen and oxygen atoms in total. The monoisotopic (exact) mass is 1810 g/mol. The van der Waals surface area contributed by atoms with Gasteiger partial charge < -0.3 is 55.7 Å². The van der Waals surface area contributed by atoms with Crippen molar-refractivity contribution in [2.24, 2.45) is 26.9 Å². The minimum Gasteiger partial charge on any atom is -0.407 e. The number of aromatic nitrogens is 9. The van der Waals surface area contributed by atoms with Crippen LogP contribution in [0.5, 0.6) is 0 Å². The number of H-pyrrole nitrogens is 1. The number of fused-ring (bicyclic) bond motifs is 3. The normalized spacial score (nSPS) is 10.8. The maximum Gasteiger partial charge on any atom is 0.297 e. The molecule has 6 heterocycles. The van der Waals surface area contributed by atoms with Gasteiger partial charge in [0.25, 0.3) is 44.7 Å². The number of aromatic amines is 1. The molecule has 0 radical (unpaired) electrons. The maximum atomic E-state index is 14.3. The summed E-state index contributed by atoms with van der Waals surface area (Å²) in [6, 6.07) is 20.5. The minimum absolute atomic E-state index is 0. The van der Waals surface area contributed by atoms with E-state index in [-0.39, 0.29) is 156 Å². The second kappa shape index (κ2) is 40.3. The number of ether oxygens (including phenoxy) is 3. The molecule has 7 N–H and O–H groups in total. The van der Waals surface area contributed by atoms with Gasteiger partial charge in [-0.15, -0.1) is 9.46 Å². The summed E-state index contributed by atoms with van der Waals surface area (Å²) in [4.78, 5) is 119. The van der Waals surface area contributed by atoms with E-state index in [1.165, 1.54) is 96.0 Å². The highest BCUT2D eigenvalue weighted by atomic mass is 127. The zero-order chi connectivity index (χ0) is 74.8. The Labute approximate surface area is 638 Å². The summed E-state index contributed by atoms with van der Waals surface area (Å²) < 4.78 is 66.0. The van der Waals surface area contributed by atoms with E-state index >= 15 is 0 Å². The van der Waals surface area contributed by atoms with Gasteiger partial charge in [-0.2, -0.15) is 0 Å². The van der Waals surface area contributed by atoms with Gasteiger partial charge in [-0.25, -0.2) is 28.1 Å². The van der Waals surface area contributed by atoms with Crippen LogP contribution in [0.15, 0.2) is 139 Å². The number of pyridine rings is 3. The first-order valence-electron chi connectivity index (χ1n) is 29.5. The molecule has 10 aromatic rings. The molecule has 0 saturated carbocycles. The van der Waals surface area contributed by atoms with E-state index in [0.29, 0.717) is 16.8 Å². The van der Waals surface area contributed by atoms with Gasteiger partial charge in [-0.1, -0.05) is 33.9 Å². The summed E-state index contributed by atoms with van der Waals surface area (Å²) in [7, 11) is 4.51. The molecule has 0 amide bonds. The van der Waals surface area contributed by atoms with Crippen molar-refractivity contribution < 1.29 is 52.0 Å². The number of anilines is 6. The molecule has 10 rings (SSSR count). The Bertz CT molecular complexity index is 5050. The molecule has 0 aliphatic carbocycles. The van der Waals surface area contributed by atoms with Crippen LogP contribution in [0.4, 0.5) is 58.7 Å². The number of benzene rings is 4. The second-order valence-corrected chi connectivity index (χ2v) is 26.9. The number of non-ortho nitro benzene ring substituents is 1. The quantitative estimate of drug-likeness (QED) is 0.0144. The van der Waals surface area contributed by atoms with Crippen molar-refractivity contribution in [1.82, 2.24) is 43.1 Å². The van der Waals surface area contributed by atoms with Crippen LogP contribution in [0.3, 0.4) is 0 Å². The molecule has 562 valence electrons. The number of halogens is 7. The Morgan fingerprint density at radius 1 is 0.548 bits per heavy atom. The summed E-state index contributed by atoms with van der Waals surface area (Å²) >= 11 is 11.4. The molecule has 38 heteroatoms. The number of nitrogens with one attached hydrogen (secondary N) is 4. The number of nitro benzene ring substituents is 2. The third kappa shape index (κ3) is 24.9. The van der Waals surface area contributed by atoms with Crippen molar-refractivity contribution in [1.29, 1.82) is 0 Å². The molecule has 104 heavy (non-hydrogen) atoms. The zero-order valence-electron chi connectivity index (χ0n) is 55.1. The second-order valence-electron chi connectivity index (χ2n) is 22.7. The fourth-order valence-electron chi connectivity index (χ4n) is 8.47. The number of hydrogen-bond donors (Lipinski definition) is 6. The van der Waals surface area contributed by atoms with Crippen LogP contribution in [-0.4, -0.2) is 116 Å². The van der Waals surface area contributed by atoms with E-state index < -0.39 is 55.2 Å². The van der Waals surface area contributed by atoms with Crippen molar-refractivity contribution >= 4 is 158 Å². The number of aliphatic hydroxyl groups excluding tert-OH is 1. The van der Waals surface area contributed by atoms with E-state index in [9.17, 15) is 62.2 Å². The highest BCUT2D eigenvalue weighted by Gasteiger charge is 2.21. The van der Waals surface area contributed by atoms with Gasteiger partial charge in [0.1, 0.15) is 64.5 Å². The van der Waals surface area contributed by atoms with Crippen molar-refractivity contribution in [3.8, 4) is 0 Å². The molecule has 0 unspecified atom stereocenters. The van der Waals surface area contributed by atoms with Crippen LogP contribution in [0.1, 0.15) is 63.8 Å². The molecule has 6 aromatic heterocycles. The average molecular weight is 1810 g/mol. The van der Waals surface area contributed by atoms with Gasteiger partial charge in [0, 0.05) is 56.1 Å². The fourth-order valence-corrected chi connectivity index (χ4v) is 10.0. The molecule has 4 aromatic carbocycles. The summed E-state index contributed by atoms with van der Waals surface area (Å²) in [5.41, 5.74) is 2.63. The lowest BCUT2D eigenvalue weighted by molar-refractivity contribution is -0.394. The first-order chi connectivity index (χ1) is 47.5. The molecule has 0 fully saturated rings. The van der Waals surface area contributed by atoms with Crippen molar-refractivity contribution in [3.63, 3.8) is 0 Å². The third-order valence-electron chi connectivity index (χ3n) is 13.2. The molecule has 0 aliphatic heterocycles. The van der Waals surface area contributed by atoms with E-state index in [4.69, 9.17) is 46.3 Å². The van der Waals surface area contributed by atoms with E-state index in [1.807, 2.05) is 109 Å². The first-order valence-corrected chi connectivity index (χ1v) is 33.1. The van der Waals surface area contributed by atoms with Crippen molar-refractivity contribution in [2.75, 3.05) is 62.3 Å². The van der Waals surface area contributed by atoms with E-state index in [1.54, 1.807) is 24.3 Å². The average Bonchev–Trinajstić information content (AvgIpc) is 0.778. The van der Waals surface area contributed by atoms with Gasteiger partial charge in [0.15, 0.2) is 16.9 Å². The molecular formula is C66H78ClF3I3N15O16. The topological polar surface area (TPSA) is 396 Å². The van der Waals surface area contributed by atoms with Crippen LogP contribution in [0.2, 0.25) is 5.02 Å². The highest BCUT2D eigenvalue weighted by Crippen LogP contribution is 2.30. The first kappa shape index (κ1) is 89.2. The number of rotatable bonds is 19. The molecule has 0 spiro atoms. The summed E-state index contributed by atoms with van der Waals surface area (Å²) in [5, 5.41) is 38.0. The Morgan fingerprint density at radius 3 is 1.30 bits per heavy atom. The highest BCUT2D eigenvalue weighted by molar-refractivity contribution is 14.1. The Balaban J connectivity index is 0.000000351. The van der Waals surface area contributed by atoms with Gasteiger partial charge >= 0.3 is 0 Å². The number of aryl methyl sites for hydroxylation is 3. The molecule has 0 bridgehead atoms. The standard InChI is InChI=1S/C20H22FIN4O4.C16H14FIN4O4.C14H10FIN4O2.C7H17NO2.C6H3ClN2O4.3CH4/c1-20(2,3)29-7-8-30-26-11-23-18-17(19(26)28)15(10-16(27)25(18)4)24-14-6-5-12(22)9-13(14)21;1-21-13(24)7-12(20-11-3-2-9(18)6-10(11)17)14-15(21)19-8-22(16(14)25)26-5-4-23;1-20-11(21)5-10(12-13(20)17-6-18-14(12)22)19-9-3-2-7(16)4-8(9)15;1-7(2,3)10-5-4-9-6-8;7-5-2-1-4(8(10)11)3-6(5)9(12)13;;;/h5-6,9-11,24H,7-8H2,1-4H3;2-3,6-8,20,23H,4-5H2,1H3;2-6,19H,1H3,(H,17,18,22);4-6,8H2,1-3H3;1-3H;3*1H4. The lowest BCUT2D eigenvalue weighted by atomic mass is 10.2. The predicted molar refractivity (Wildman–Crippen MR) is 419 cm³/mol. The lowest BCUT2D eigenvalue weighted by Crippen LogP contribution is -2.32. The number of nitro groups is 2. The number of aliphatic hydroxyl groups is 1. The van der Waals surface area contributed by atoms with Crippen LogP contribution >= 0.6 is 79.4 Å².